The molecule has 52 valence electrons. The third-order valence-corrected chi connectivity index (χ3v) is 0.797. The molecule has 0 aliphatic carbocycles. The number of amides is 1. The van der Waals surface area contributed by atoms with Crippen LogP contribution in [0, 0.1) is 5.92 Å². The monoisotopic (exact) mass is 128 g/mol. The molecule has 0 saturated carbocycles. The highest BCUT2D eigenvalue weighted by atomic mass is 16.1. The number of primary amides is 1. The minimum atomic E-state index is -0.552. The average molecular weight is 128 g/mol. The van der Waals surface area contributed by atoms with E-state index >= 15 is 0 Å². The molecule has 0 aromatic rings. The van der Waals surface area contributed by atoms with Gasteiger partial charge in [-0.3, -0.25) is 4.79 Å². The summed E-state index contributed by atoms with van der Waals surface area (Å²) in [6, 6.07) is 0. The van der Waals surface area contributed by atoms with E-state index in [0.29, 0.717) is 0 Å². The van der Waals surface area contributed by atoms with E-state index in [1.807, 2.05) is 13.8 Å². The van der Waals surface area contributed by atoms with Crippen LogP contribution < -0.4 is 11.5 Å². The summed E-state index contributed by atoms with van der Waals surface area (Å²) in [4.78, 5) is 10.3. The van der Waals surface area contributed by atoms with Crippen LogP contribution in [0.1, 0.15) is 13.8 Å². The number of carbonyl (C=O) groups excluding carboxylic acids is 1. The van der Waals surface area contributed by atoms with E-state index in [-0.39, 0.29) is 11.6 Å². The molecule has 3 heteroatoms. The lowest BCUT2D eigenvalue weighted by Gasteiger charge is -1.96. The number of hydrogen-bond donors (Lipinski definition) is 2. The van der Waals surface area contributed by atoms with Crippen molar-refractivity contribution in [2.45, 2.75) is 13.8 Å². The van der Waals surface area contributed by atoms with Crippen LogP contribution in [0.3, 0.4) is 0 Å². The lowest BCUT2D eigenvalue weighted by atomic mass is 10.2. The fourth-order valence-electron chi connectivity index (χ4n) is 0.441. The molecule has 0 fully saturated rings. The molecular weight excluding hydrogens is 116 g/mol. The Kier molecular flexibility index (Phi) is 2.78. The Morgan fingerprint density at radius 2 is 1.89 bits per heavy atom. The highest BCUT2D eigenvalue weighted by Crippen LogP contribution is 1.95. The summed E-state index contributed by atoms with van der Waals surface area (Å²) >= 11 is 0. The predicted octanol–water partition coefficient (Wildman–Crippen LogP) is -0.0297. The molecule has 9 heavy (non-hydrogen) atoms. The largest absolute Gasteiger partial charge is 0.395 e. The maximum Gasteiger partial charge on any atom is 0.264 e. The summed E-state index contributed by atoms with van der Waals surface area (Å²) < 4.78 is 0. The second-order valence-corrected chi connectivity index (χ2v) is 2.23. The van der Waals surface area contributed by atoms with Crippen LogP contribution in [0.2, 0.25) is 0 Å². The van der Waals surface area contributed by atoms with Crippen LogP contribution in [0.25, 0.3) is 0 Å². The van der Waals surface area contributed by atoms with Gasteiger partial charge in [-0.25, -0.2) is 0 Å². The lowest BCUT2D eigenvalue weighted by Crippen LogP contribution is -2.20. The Morgan fingerprint density at radius 1 is 1.44 bits per heavy atom. The molecule has 0 spiro atoms. The van der Waals surface area contributed by atoms with Crippen molar-refractivity contribution in [3.63, 3.8) is 0 Å². The summed E-state index contributed by atoms with van der Waals surface area (Å²) in [6.07, 6.45) is 1.63. The fourth-order valence-corrected chi connectivity index (χ4v) is 0.441. The van der Waals surface area contributed by atoms with Gasteiger partial charge in [0.1, 0.15) is 0 Å². The molecule has 0 aliphatic heterocycles. The van der Waals surface area contributed by atoms with Crippen molar-refractivity contribution in [1.29, 1.82) is 0 Å². The molecule has 0 aromatic heterocycles. The Hall–Kier alpha value is -0.990. The molecule has 0 aliphatic rings. The van der Waals surface area contributed by atoms with Gasteiger partial charge in [-0.2, -0.15) is 0 Å². The van der Waals surface area contributed by atoms with E-state index in [9.17, 15) is 4.79 Å². The van der Waals surface area contributed by atoms with Crippen molar-refractivity contribution >= 4 is 5.91 Å². The third-order valence-electron chi connectivity index (χ3n) is 0.797. The first-order chi connectivity index (χ1) is 4.04. The minimum Gasteiger partial charge on any atom is -0.395 e. The predicted molar refractivity (Wildman–Crippen MR) is 36.3 cm³/mol. The normalized spacial score (nSPS) is 12.1. The Morgan fingerprint density at radius 3 is 2.00 bits per heavy atom. The third kappa shape index (κ3) is 3.58. The van der Waals surface area contributed by atoms with Crippen LogP contribution in [0.4, 0.5) is 0 Å². The van der Waals surface area contributed by atoms with E-state index in [2.05, 4.69) is 0 Å². The summed E-state index contributed by atoms with van der Waals surface area (Å²) in [5.41, 5.74) is 10.2. The molecule has 0 saturated heterocycles. The summed E-state index contributed by atoms with van der Waals surface area (Å²) in [5.74, 6) is -0.277. The molecule has 0 heterocycles. The van der Waals surface area contributed by atoms with Crippen molar-refractivity contribution in [3.8, 4) is 0 Å². The number of nitrogens with two attached hydrogens (primary N) is 2. The summed E-state index contributed by atoms with van der Waals surface area (Å²) in [6.45, 7) is 3.85. The van der Waals surface area contributed by atoms with Crippen molar-refractivity contribution in [3.05, 3.63) is 11.8 Å². The fraction of sp³-hybridized carbons (Fsp3) is 0.500. The van der Waals surface area contributed by atoms with E-state index in [1.54, 1.807) is 6.08 Å². The zero-order valence-electron chi connectivity index (χ0n) is 5.72. The number of hydrogen-bond acceptors (Lipinski definition) is 2. The maximum absolute atomic E-state index is 10.3. The number of rotatable bonds is 2. The average Bonchev–Trinajstić information content (AvgIpc) is 1.63. The summed E-state index contributed by atoms with van der Waals surface area (Å²) in [5, 5.41) is 0. The minimum absolute atomic E-state index is 0.144. The molecule has 0 aromatic carbocycles. The molecule has 0 radical (unpaired) electrons. The molecule has 0 unspecified atom stereocenters. The zero-order valence-corrected chi connectivity index (χ0v) is 5.72. The van der Waals surface area contributed by atoms with Gasteiger partial charge in [0.05, 0.1) is 5.70 Å². The zero-order chi connectivity index (χ0) is 7.44. The van der Waals surface area contributed by atoms with Gasteiger partial charge in [0.25, 0.3) is 5.91 Å². The van der Waals surface area contributed by atoms with E-state index in [0.717, 1.165) is 0 Å². The molecule has 4 N–H and O–H groups in total. The topological polar surface area (TPSA) is 69.1 Å². The standard InChI is InChI=1S/C6H12N2O/c1-4(2)3-5(7)6(8)9/h3-4H,7H2,1-2H3,(H2,8,9)/b5-3-. The van der Waals surface area contributed by atoms with E-state index < -0.39 is 5.91 Å². The Balaban J connectivity index is 4.00. The van der Waals surface area contributed by atoms with Crippen LogP contribution in [-0.4, -0.2) is 5.91 Å². The SMILES string of the molecule is CC(C)/C=C(\N)C(N)=O. The summed E-state index contributed by atoms with van der Waals surface area (Å²) in [7, 11) is 0. The van der Waals surface area contributed by atoms with Gasteiger partial charge in [-0.1, -0.05) is 19.9 Å². The first kappa shape index (κ1) is 8.01. The Labute approximate surface area is 54.7 Å². The molecule has 0 atom stereocenters. The van der Waals surface area contributed by atoms with Crippen molar-refractivity contribution < 1.29 is 4.79 Å². The van der Waals surface area contributed by atoms with Crippen molar-refractivity contribution in [1.82, 2.24) is 0 Å². The molecule has 0 bridgehead atoms. The second-order valence-electron chi connectivity index (χ2n) is 2.23. The van der Waals surface area contributed by atoms with Crippen LogP contribution in [0.15, 0.2) is 11.8 Å². The maximum atomic E-state index is 10.3. The van der Waals surface area contributed by atoms with Crippen LogP contribution >= 0.6 is 0 Å². The smallest absolute Gasteiger partial charge is 0.264 e. The van der Waals surface area contributed by atoms with Crippen LogP contribution in [-0.2, 0) is 4.79 Å². The first-order valence-corrected chi connectivity index (χ1v) is 2.81. The van der Waals surface area contributed by atoms with Crippen molar-refractivity contribution in [2.24, 2.45) is 17.4 Å². The lowest BCUT2D eigenvalue weighted by molar-refractivity contribution is -0.114. The number of carbonyl (C=O) groups is 1. The second kappa shape index (κ2) is 3.12. The molecule has 1 amide bonds. The van der Waals surface area contributed by atoms with Gasteiger partial charge < -0.3 is 11.5 Å². The molecule has 3 nitrogen and oxygen atoms in total. The Bertz CT molecular complexity index is 138. The van der Waals surface area contributed by atoms with Crippen molar-refractivity contribution in [2.75, 3.05) is 0 Å². The van der Waals surface area contributed by atoms with Gasteiger partial charge in [0.15, 0.2) is 0 Å². The van der Waals surface area contributed by atoms with E-state index in [1.165, 1.54) is 0 Å². The van der Waals surface area contributed by atoms with Gasteiger partial charge >= 0.3 is 0 Å². The number of allylic oxidation sites excluding steroid dienone is 1. The van der Waals surface area contributed by atoms with Gasteiger partial charge in [0, 0.05) is 0 Å². The molecular formula is C6H12N2O. The highest BCUT2D eigenvalue weighted by Gasteiger charge is 1.97. The van der Waals surface area contributed by atoms with E-state index in [4.69, 9.17) is 11.5 Å². The van der Waals surface area contributed by atoms with Gasteiger partial charge in [0.2, 0.25) is 0 Å². The molecule has 0 rings (SSSR count). The van der Waals surface area contributed by atoms with Crippen LogP contribution in [0.5, 0.6) is 0 Å². The quantitative estimate of drug-likeness (QED) is 0.513. The van der Waals surface area contributed by atoms with Gasteiger partial charge in [-0.15, -0.1) is 0 Å². The highest BCUT2D eigenvalue weighted by molar-refractivity contribution is 5.90. The first-order valence-electron chi connectivity index (χ1n) is 2.81. The van der Waals surface area contributed by atoms with Gasteiger partial charge in [-0.05, 0) is 5.92 Å².